The van der Waals surface area contributed by atoms with Gasteiger partial charge in [0.05, 0.1) is 18.4 Å². The van der Waals surface area contributed by atoms with Gasteiger partial charge in [0.2, 0.25) is 10.1 Å². The first-order valence-corrected chi connectivity index (χ1v) is 8.89. The summed E-state index contributed by atoms with van der Waals surface area (Å²) in [6, 6.07) is 14.0. The molecule has 2 N–H and O–H groups in total. The summed E-state index contributed by atoms with van der Waals surface area (Å²) in [6.07, 6.45) is 0.531. The van der Waals surface area contributed by atoms with Crippen molar-refractivity contribution in [2.45, 2.75) is 6.42 Å². The Kier molecular flexibility index (Phi) is 4.43. The fraction of sp³-hybridized carbons (Fsp3) is 0.111. The lowest BCUT2D eigenvalue weighted by atomic mass is 10.1. The third kappa shape index (κ3) is 3.44. The van der Waals surface area contributed by atoms with Crippen molar-refractivity contribution in [3.8, 4) is 5.75 Å². The first kappa shape index (κ1) is 17.0. The Morgan fingerprint density at radius 3 is 2.74 bits per heavy atom. The number of hydrogen-bond donors (Lipinski definition) is 2. The number of carbonyl (C=O) groups is 1. The van der Waals surface area contributed by atoms with Crippen LogP contribution in [0, 0.1) is 0 Å². The molecule has 0 unspecified atom stereocenters. The Morgan fingerprint density at radius 2 is 1.96 bits per heavy atom. The number of nitrogens with zero attached hydrogens (tertiary/aromatic N) is 4. The maximum atomic E-state index is 11.9. The van der Waals surface area contributed by atoms with Crippen LogP contribution in [0.3, 0.4) is 0 Å². The number of esters is 1. The van der Waals surface area contributed by atoms with E-state index < -0.39 is 5.97 Å². The Morgan fingerprint density at radius 1 is 1.19 bits per heavy atom. The van der Waals surface area contributed by atoms with Crippen LogP contribution in [0.1, 0.15) is 21.7 Å². The van der Waals surface area contributed by atoms with Crippen LogP contribution >= 0.6 is 11.3 Å². The van der Waals surface area contributed by atoms with Crippen LogP contribution in [0.25, 0.3) is 4.96 Å². The summed E-state index contributed by atoms with van der Waals surface area (Å²) in [5, 5.41) is 26.0. The molecule has 4 aromatic rings. The van der Waals surface area contributed by atoms with Crippen LogP contribution in [0.15, 0.2) is 48.5 Å². The maximum Gasteiger partial charge on any atom is 0.339 e. The van der Waals surface area contributed by atoms with Crippen LogP contribution in [0.2, 0.25) is 0 Å². The normalized spacial score (nSPS) is 10.9. The SMILES string of the molecule is COC(=O)c1ccccc1Nc1nn2c(Cc3ccc(O)cc3)nnc2s1. The number of rotatable bonds is 5. The van der Waals surface area contributed by atoms with Crippen molar-refractivity contribution >= 4 is 33.1 Å². The van der Waals surface area contributed by atoms with E-state index in [2.05, 4.69) is 20.6 Å². The number of anilines is 2. The van der Waals surface area contributed by atoms with Gasteiger partial charge in [0.25, 0.3) is 0 Å². The van der Waals surface area contributed by atoms with Gasteiger partial charge in [-0.3, -0.25) is 0 Å². The highest BCUT2D eigenvalue weighted by Crippen LogP contribution is 2.26. The third-order valence-corrected chi connectivity index (χ3v) is 4.74. The minimum absolute atomic E-state index is 0.217. The maximum absolute atomic E-state index is 11.9. The van der Waals surface area contributed by atoms with E-state index in [1.54, 1.807) is 34.8 Å². The van der Waals surface area contributed by atoms with Crippen molar-refractivity contribution < 1.29 is 14.6 Å². The van der Waals surface area contributed by atoms with Gasteiger partial charge in [-0.1, -0.05) is 35.6 Å². The van der Waals surface area contributed by atoms with Gasteiger partial charge in [0.15, 0.2) is 5.82 Å². The number of ether oxygens (including phenoxy) is 1. The zero-order valence-corrected chi connectivity index (χ0v) is 15.1. The van der Waals surface area contributed by atoms with E-state index >= 15 is 0 Å². The van der Waals surface area contributed by atoms with Crippen LogP contribution in [-0.2, 0) is 11.2 Å². The van der Waals surface area contributed by atoms with Gasteiger partial charge in [-0.25, -0.2) is 4.79 Å². The minimum Gasteiger partial charge on any atom is -0.508 e. The molecule has 0 atom stereocenters. The summed E-state index contributed by atoms with van der Waals surface area (Å²) in [7, 11) is 1.35. The summed E-state index contributed by atoms with van der Waals surface area (Å²) in [5.41, 5.74) is 2.02. The van der Waals surface area contributed by atoms with Gasteiger partial charge in [-0.15, -0.1) is 15.3 Å². The van der Waals surface area contributed by atoms with Crippen molar-refractivity contribution in [2.24, 2.45) is 0 Å². The standard InChI is InChI=1S/C18H15N5O3S/c1-26-16(25)13-4-2-3-5-14(13)19-17-22-23-15(20-21-18(23)27-17)10-11-6-8-12(24)9-7-11/h2-9,24H,10H2,1H3,(H,19,22). The van der Waals surface area contributed by atoms with Gasteiger partial charge in [-0.2, -0.15) is 4.52 Å². The topological polar surface area (TPSA) is 102 Å². The summed E-state index contributed by atoms with van der Waals surface area (Å²) in [5.74, 6) is 0.477. The van der Waals surface area contributed by atoms with E-state index in [-0.39, 0.29) is 5.75 Å². The molecular formula is C18H15N5O3S. The number of aromatic nitrogens is 4. The van der Waals surface area contributed by atoms with Crippen LogP contribution < -0.4 is 5.32 Å². The third-order valence-electron chi connectivity index (χ3n) is 3.93. The lowest BCUT2D eigenvalue weighted by Gasteiger charge is -2.07. The molecule has 0 amide bonds. The molecule has 0 spiro atoms. The van der Waals surface area contributed by atoms with Gasteiger partial charge < -0.3 is 15.2 Å². The predicted molar refractivity (Wildman–Crippen MR) is 101 cm³/mol. The van der Waals surface area contributed by atoms with Gasteiger partial charge in [0.1, 0.15) is 5.75 Å². The summed E-state index contributed by atoms with van der Waals surface area (Å²) < 4.78 is 6.48. The van der Waals surface area contributed by atoms with Crippen molar-refractivity contribution in [3.05, 3.63) is 65.5 Å². The van der Waals surface area contributed by atoms with E-state index in [9.17, 15) is 9.90 Å². The van der Waals surface area contributed by atoms with E-state index in [1.807, 2.05) is 18.2 Å². The molecular weight excluding hydrogens is 366 g/mol. The van der Waals surface area contributed by atoms with Crippen molar-refractivity contribution in [3.63, 3.8) is 0 Å². The summed E-state index contributed by atoms with van der Waals surface area (Å²) in [4.78, 5) is 12.5. The fourth-order valence-corrected chi connectivity index (χ4v) is 3.38. The largest absolute Gasteiger partial charge is 0.508 e. The van der Waals surface area contributed by atoms with Crippen molar-refractivity contribution in [1.29, 1.82) is 0 Å². The highest BCUT2D eigenvalue weighted by Gasteiger charge is 2.15. The Balaban J connectivity index is 1.61. The second-order valence-corrected chi connectivity index (χ2v) is 6.68. The molecule has 0 aliphatic carbocycles. The number of carbonyl (C=O) groups excluding carboxylic acids is 1. The fourth-order valence-electron chi connectivity index (χ4n) is 2.61. The first-order valence-electron chi connectivity index (χ1n) is 8.07. The number of benzene rings is 2. The average molecular weight is 381 g/mol. The molecule has 8 nitrogen and oxygen atoms in total. The lowest BCUT2D eigenvalue weighted by molar-refractivity contribution is 0.0602. The Labute approximate surface area is 158 Å². The number of fused-ring (bicyclic) bond motifs is 1. The zero-order chi connectivity index (χ0) is 18.8. The van der Waals surface area contributed by atoms with E-state index in [0.717, 1.165) is 5.56 Å². The number of hydrogen-bond acceptors (Lipinski definition) is 8. The molecule has 0 fully saturated rings. The summed E-state index contributed by atoms with van der Waals surface area (Å²) in [6.45, 7) is 0. The molecule has 0 radical (unpaired) electrons. The lowest BCUT2D eigenvalue weighted by Crippen LogP contribution is -2.05. The molecule has 0 saturated carbocycles. The number of phenolic OH excluding ortho intramolecular Hbond substituents is 1. The number of aromatic hydroxyl groups is 1. The molecule has 2 aromatic heterocycles. The second-order valence-electron chi connectivity index (χ2n) is 5.72. The average Bonchev–Trinajstić information content (AvgIpc) is 3.24. The molecule has 0 saturated heterocycles. The monoisotopic (exact) mass is 381 g/mol. The molecule has 0 aliphatic rings. The molecule has 4 rings (SSSR count). The van der Waals surface area contributed by atoms with Crippen molar-refractivity contribution in [1.82, 2.24) is 19.8 Å². The Hall–Kier alpha value is -3.46. The second kappa shape index (κ2) is 7.04. The molecule has 0 bridgehead atoms. The molecule has 2 heterocycles. The zero-order valence-electron chi connectivity index (χ0n) is 14.3. The highest BCUT2D eigenvalue weighted by atomic mass is 32.1. The number of nitrogens with one attached hydrogen (secondary N) is 1. The van der Waals surface area contributed by atoms with E-state index in [0.29, 0.717) is 33.6 Å². The quantitative estimate of drug-likeness (QED) is 0.512. The molecule has 9 heteroatoms. The highest BCUT2D eigenvalue weighted by molar-refractivity contribution is 7.20. The molecule has 2 aromatic carbocycles. The Bertz CT molecular complexity index is 1100. The molecule has 136 valence electrons. The number of phenols is 1. The van der Waals surface area contributed by atoms with Crippen LogP contribution in [-0.4, -0.2) is 38.0 Å². The van der Waals surface area contributed by atoms with Gasteiger partial charge >= 0.3 is 5.97 Å². The number of methoxy groups -OCH3 is 1. The first-order chi connectivity index (χ1) is 13.1. The molecule has 27 heavy (non-hydrogen) atoms. The predicted octanol–water partition coefficient (Wildman–Crippen LogP) is 3.01. The van der Waals surface area contributed by atoms with Gasteiger partial charge in [-0.05, 0) is 29.8 Å². The smallest absolute Gasteiger partial charge is 0.339 e. The van der Waals surface area contributed by atoms with E-state index in [4.69, 9.17) is 4.74 Å². The summed E-state index contributed by atoms with van der Waals surface area (Å²) >= 11 is 1.33. The minimum atomic E-state index is -0.422. The molecule has 0 aliphatic heterocycles. The van der Waals surface area contributed by atoms with E-state index in [1.165, 1.54) is 18.4 Å². The van der Waals surface area contributed by atoms with Crippen molar-refractivity contribution in [2.75, 3.05) is 12.4 Å². The number of para-hydroxylation sites is 1. The van der Waals surface area contributed by atoms with Crippen LogP contribution in [0.5, 0.6) is 5.75 Å². The van der Waals surface area contributed by atoms with Crippen LogP contribution in [0.4, 0.5) is 10.8 Å². The van der Waals surface area contributed by atoms with Gasteiger partial charge in [0, 0.05) is 6.42 Å².